The van der Waals surface area contributed by atoms with Crippen LogP contribution in [0, 0.1) is 6.92 Å². The summed E-state index contributed by atoms with van der Waals surface area (Å²) >= 11 is 1.79. The molecule has 0 fully saturated rings. The van der Waals surface area contributed by atoms with Gasteiger partial charge >= 0.3 is 0 Å². The Hall–Kier alpha value is -0.510. The van der Waals surface area contributed by atoms with Crippen molar-refractivity contribution in [2.45, 2.75) is 37.8 Å². The molecule has 0 bridgehead atoms. The predicted molar refractivity (Wildman–Crippen MR) is 71.0 cm³/mol. The number of hydrogen-bond donors (Lipinski definition) is 2. The molecule has 16 heavy (non-hydrogen) atoms. The standard InChI is InChI=1S/C13H21NOS/c1-10(2)14-12(8-15)9-16-13-6-4-5-11(3)7-13/h4-7,10,12,14-15H,8-9H2,1-3H3. The Bertz CT molecular complexity index is 315. The third-order valence-corrected chi connectivity index (χ3v) is 3.39. The lowest BCUT2D eigenvalue weighted by molar-refractivity contribution is 0.247. The fourth-order valence-corrected chi connectivity index (χ4v) is 2.57. The summed E-state index contributed by atoms with van der Waals surface area (Å²) in [5.41, 5.74) is 1.28. The molecule has 1 unspecified atom stereocenters. The summed E-state index contributed by atoms with van der Waals surface area (Å²) in [6.45, 7) is 6.48. The molecule has 0 aliphatic heterocycles. The van der Waals surface area contributed by atoms with Crippen molar-refractivity contribution in [1.29, 1.82) is 0 Å². The van der Waals surface area contributed by atoms with Gasteiger partial charge in [0, 0.05) is 22.7 Å². The average molecular weight is 239 g/mol. The molecule has 90 valence electrons. The molecule has 0 aliphatic rings. The molecule has 0 radical (unpaired) electrons. The summed E-state index contributed by atoms with van der Waals surface area (Å²) in [5, 5.41) is 12.6. The van der Waals surface area contributed by atoms with Crippen LogP contribution in [0.3, 0.4) is 0 Å². The number of aryl methyl sites for hydroxylation is 1. The zero-order valence-electron chi connectivity index (χ0n) is 10.2. The molecule has 1 atom stereocenters. The first-order valence-electron chi connectivity index (χ1n) is 5.68. The van der Waals surface area contributed by atoms with Crippen LogP contribution in [0.25, 0.3) is 0 Å². The fraction of sp³-hybridized carbons (Fsp3) is 0.538. The highest BCUT2D eigenvalue weighted by atomic mass is 32.2. The molecule has 1 aromatic rings. The molecule has 0 aromatic heterocycles. The highest BCUT2D eigenvalue weighted by Gasteiger charge is 2.08. The van der Waals surface area contributed by atoms with Crippen LogP contribution >= 0.6 is 11.8 Å². The van der Waals surface area contributed by atoms with Crippen LogP contribution in [0.1, 0.15) is 19.4 Å². The molecule has 0 aliphatic carbocycles. The van der Waals surface area contributed by atoms with Crippen molar-refractivity contribution >= 4 is 11.8 Å². The molecule has 2 nitrogen and oxygen atoms in total. The van der Waals surface area contributed by atoms with Crippen LogP contribution in [-0.4, -0.2) is 29.5 Å². The van der Waals surface area contributed by atoms with Gasteiger partial charge in [0.1, 0.15) is 0 Å². The third-order valence-electron chi connectivity index (χ3n) is 2.23. The molecule has 0 amide bonds. The summed E-state index contributed by atoms with van der Waals surface area (Å²) in [5.74, 6) is 0.901. The Morgan fingerprint density at radius 3 is 2.69 bits per heavy atom. The zero-order valence-corrected chi connectivity index (χ0v) is 11.1. The number of hydrogen-bond acceptors (Lipinski definition) is 3. The lowest BCUT2D eigenvalue weighted by atomic mass is 10.2. The largest absolute Gasteiger partial charge is 0.395 e. The van der Waals surface area contributed by atoms with E-state index in [4.69, 9.17) is 0 Å². The number of aliphatic hydroxyl groups excluding tert-OH is 1. The van der Waals surface area contributed by atoms with E-state index in [1.54, 1.807) is 11.8 Å². The lowest BCUT2D eigenvalue weighted by Gasteiger charge is -2.18. The Kier molecular flexibility index (Phi) is 5.88. The first-order valence-corrected chi connectivity index (χ1v) is 6.66. The summed E-state index contributed by atoms with van der Waals surface area (Å²) < 4.78 is 0. The molecule has 0 saturated carbocycles. The van der Waals surface area contributed by atoms with Crippen LogP contribution < -0.4 is 5.32 Å². The van der Waals surface area contributed by atoms with Crippen LogP contribution in [0.5, 0.6) is 0 Å². The van der Waals surface area contributed by atoms with Gasteiger partial charge in [-0.05, 0) is 19.1 Å². The second-order valence-electron chi connectivity index (χ2n) is 4.33. The van der Waals surface area contributed by atoms with E-state index in [0.717, 1.165) is 5.75 Å². The van der Waals surface area contributed by atoms with Gasteiger partial charge in [-0.1, -0.05) is 31.5 Å². The SMILES string of the molecule is Cc1cccc(SCC(CO)NC(C)C)c1. The maximum Gasteiger partial charge on any atom is 0.0592 e. The fourth-order valence-electron chi connectivity index (χ4n) is 1.53. The minimum Gasteiger partial charge on any atom is -0.395 e. The van der Waals surface area contributed by atoms with Crippen LogP contribution in [-0.2, 0) is 0 Å². The second kappa shape index (κ2) is 6.94. The number of thioether (sulfide) groups is 1. The molecule has 1 aromatic carbocycles. The van der Waals surface area contributed by atoms with Gasteiger partial charge < -0.3 is 10.4 Å². The van der Waals surface area contributed by atoms with Crippen molar-refractivity contribution in [1.82, 2.24) is 5.32 Å². The Morgan fingerprint density at radius 2 is 2.12 bits per heavy atom. The molecule has 0 heterocycles. The van der Waals surface area contributed by atoms with Gasteiger partial charge in [0.2, 0.25) is 0 Å². The monoisotopic (exact) mass is 239 g/mol. The molecule has 0 saturated heterocycles. The second-order valence-corrected chi connectivity index (χ2v) is 5.42. The Labute approximate surface area is 102 Å². The molecular weight excluding hydrogens is 218 g/mol. The van der Waals surface area contributed by atoms with Gasteiger partial charge in [-0.25, -0.2) is 0 Å². The maximum atomic E-state index is 9.23. The minimum atomic E-state index is 0.172. The smallest absolute Gasteiger partial charge is 0.0592 e. The lowest BCUT2D eigenvalue weighted by Crippen LogP contribution is -2.39. The van der Waals surface area contributed by atoms with E-state index in [1.165, 1.54) is 10.5 Å². The minimum absolute atomic E-state index is 0.172. The number of benzene rings is 1. The molecule has 1 rings (SSSR count). The van der Waals surface area contributed by atoms with Gasteiger partial charge in [-0.15, -0.1) is 11.8 Å². The van der Waals surface area contributed by atoms with Crippen LogP contribution in [0.15, 0.2) is 29.2 Å². The highest BCUT2D eigenvalue weighted by Crippen LogP contribution is 2.19. The van der Waals surface area contributed by atoms with E-state index in [1.807, 2.05) is 0 Å². The summed E-state index contributed by atoms with van der Waals surface area (Å²) in [6, 6.07) is 9.04. The van der Waals surface area contributed by atoms with Crippen LogP contribution in [0.4, 0.5) is 0 Å². The molecule has 0 spiro atoms. The van der Waals surface area contributed by atoms with E-state index >= 15 is 0 Å². The van der Waals surface area contributed by atoms with Gasteiger partial charge in [0.25, 0.3) is 0 Å². The molecular formula is C13H21NOS. The average Bonchev–Trinajstić information content (AvgIpc) is 2.24. The van der Waals surface area contributed by atoms with Gasteiger partial charge in [-0.2, -0.15) is 0 Å². The van der Waals surface area contributed by atoms with Crippen molar-refractivity contribution in [2.24, 2.45) is 0 Å². The van der Waals surface area contributed by atoms with Gasteiger partial charge in [-0.3, -0.25) is 0 Å². The number of nitrogens with one attached hydrogen (secondary N) is 1. The topological polar surface area (TPSA) is 32.3 Å². The van der Waals surface area contributed by atoms with Crippen molar-refractivity contribution in [3.8, 4) is 0 Å². The maximum absolute atomic E-state index is 9.23. The predicted octanol–water partition coefficient (Wildman–Crippen LogP) is 2.45. The first kappa shape index (κ1) is 13.6. The molecule has 2 N–H and O–H groups in total. The van der Waals surface area contributed by atoms with Crippen molar-refractivity contribution in [3.63, 3.8) is 0 Å². The van der Waals surface area contributed by atoms with E-state index in [-0.39, 0.29) is 12.6 Å². The molecule has 3 heteroatoms. The van der Waals surface area contributed by atoms with E-state index in [2.05, 4.69) is 50.4 Å². The summed E-state index contributed by atoms with van der Waals surface area (Å²) in [7, 11) is 0. The Balaban J connectivity index is 2.43. The number of aliphatic hydroxyl groups is 1. The van der Waals surface area contributed by atoms with Gasteiger partial charge in [0.15, 0.2) is 0 Å². The first-order chi connectivity index (χ1) is 7.61. The van der Waals surface area contributed by atoms with Gasteiger partial charge in [0.05, 0.1) is 6.61 Å². The third kappa shape index (κ3) is 5.01. The number of rotatable bonds is 6. The van der Waals surface area contributed by atoms with Crippen LogP contribution in [0.2, 0.25) is 0 Å². The zero-order chi connectivity index (χ0) is 12.0. The summed E-state index contributed by atoms with van der Waals surface area (Å²) in [4.78, 5) is 1.27. The normalized spacial score (nSPS) is 13.1. The van der Waals surface area contributed by atoms with Crippen molar-refractivity contribution in [3.05, 3.63) is 29.8 Å². The Morgan fingerprint density at radius 1 is 1.38 bits per heavy atom. The van der Waals surface area contributed by atoms with Crippen molar-refractivity contribution < 1.29 is 5.11 Å². The van der Waals surface area contributed by atoms with E-state index in [0.29, 0.717) is 6.04 Å². The highest BCUT2D eigenvalue weighted by molar-refractivity contribution is 7.99. The van der Waals surface area contributed by atoms with E-state index in [9.17, 15) is 5.11 Å². The summed E-state index contributed by atoms with van der Waals surface area (Å²) in [6.07, 6.45) is 0. The van der Waals surface area contributed by atoms with Crippen molar-refractivity contribution in [2.75, 3.05) is 12.4 Å². The van der Waals surface area contributed by atoms with E-state index < -0.39 is 0 Å². The quantitative estimate of drug-likeness (QED) is 0.748.